The van der Waals surface area contributed by atoms with E-state index in [1.807, 2.05) is 24.3 Å². The molecule has 0 aromatic carbocycles. The smallest absolute Gasteiger partial charge is 0.223 e. The fraction of sp³-hybridized carbons (Fsp3) is 0.571. The molecule has 1 unspecified atom stereocenters. The zero-order valence-corrected chi connectivity index (χ0v) is 10.7. The number of rotatable bonds is 1. The van der Waals surface area contributed by atoms with Gasteiger partial charge in [-0.1, -0.05) is 0 Å². The van der Waals surface area contributed by atoms with Gasteiger partial charge in [0.1, 0.15) is 0 Å². The summed E-state index contributed by atoms with van der Waals surface area (Å²) in [5.41, 5.74) is 1.27. The number of aromatic nitrogens is 1. The molecule has 18 heavy (non-hydrogen) atoms. The molecule has 4 nitrogen and oxygen atoms in total. The molecule has 1 spiro atoms. The van der Waals surface area contributed by atoms with Crippen molar-refractivity contribution in [2.24, 2.45) is 0 Å². The van der Waals surface area contributed by atoms with Crippen LogP contribution in [0.1, 0.15) is 30.7 Å². The second-order valence-corrected chi connectivity index (χ2v) is 5.34. The van der Waals surface area contributed by atoms with Gasteiger partial charge in [0.2, 0.25) is 5.91 Å². The highest BCUT2D eigenvalue weighted by Crippen LogP contribution is 2.46. The minimum Gasteiger partial charge on any atom is -0.339 e. The highest BCUT2D eigenvalue weighted by atomic mass is 16.2. The van der Waals surface area contributed by atoms with E-state index in [-0.39, 0.29) is 11.4 Å². The van der Waals surface area contributed by atoms with Gasteiger partial charge in [0.25, 0.3) is 0 Å². The minimum absolute atomic E-state index is 0.0175. The number of hydrogen-bond donors (Lipinski definition) is 1. The summed E-state index contributed by atoms with van der Waals surface area (Å²) in [5.74, 6) is 0.596. The monoisotopic (exact) mass is 245 g/mol. The van der Waals surface area contributed by atoms with Crippen molar-refractivity contribution in [2.45, 2.75) is 30.7 Å². The molecule has 2 fully saturated rings. The van der Waals surface area contributed by atoms with E-state index in [9.17, 15) is 4.79 Å². The van der Waals surface area contributed by atoms with Gasteiger partial charge in [0.15, 0.2) is 0 Å². The largest absolute Gasteiger partial charge is 0.339 e. The number of nitrogens with zero attached hydrogens (tertiary/aromatic N) is 2. The Hall–Kier alpha value is -1.42. The van der Waals surface area contributed by atoms with Crippen molar-refractivity contribution in [3.63, 3.8) is 0 Å². The van der Waals surface area contributed by atoms with Crippen LogP contribution in [0.25, 0.3) is 0 Å². The Balaban J connectivity index is 1.99. The molecular weight excluding hydrogens is 226 g/mol. The van der Waals surface area contributed by atoms with Crippen LogP contribution >= 0.6 is 0 Å². The first-order valence-corrected chi connectivity index (χ1v) is 6.61. The van der Waals surface area contributed by atoms with Crippen molar-refractivity contribution >= 4 is 5.91 Å². The summed E-state index contributed by atoms with van der Waals surface area (Å²) in [4.78, 5) is 18.2. The van der Waals surface area contributed by atoms with Crippen molar-refractivity contribution in [2.75, 3.05) is 20.1 Å². The molecule has 1 atom stereocenters. The Bertz CT molecular complexity index is 440. The predicted molar refractivity (Wildman–Crippen MR) is 69.2 cm³/mol. The number of carbonyl (C=O) groups excluding carboxylic acids is 1. The molecule has 0 aliphatic carbocycles. The zero-order valence-electron chi connectivity index (χ0n) is 10.7. The quantitative estimate of drug-likeness (QED) is 0.807. The number of likely N-dealkylation sites (N-methyl/N-ethyl adjacent to an activating group) is 1. The maximum absolute atomic E-state index is 12.1. The summed E-state index contributed by atoms with van der Waals surface area (Å²) in [6, 6.07) is 4.11. The van der Waals surface area contributed by atoms with Crippen LogP contribution in [-0.2, 0) is 4.79 Å². The van der Waals surface area contributed by atoms with Crippen LogP contribution in [0.4, 0.5) is 0 Å². The molecule has 0 radical (unpaired) electrons. The van der Waals surface area contributed by atoms with E-state index < -0.39 is 0 Å². The third-order valence-electron chi connectivity index (χ3n) is 4.65. The molecule has 96 valence electrons. The van der Waals surface area contributed by atoms with Crippen LogP contribution in [0, 0.1) is 0 Å². The average molecular weight is 245 g/mol. The van der Waals surface area contributed by atoms with E-state index in [1.165, 1.54) is 5.56 Å². The number of likely N-dealkylation sites (tertiary alicyclic amines) is 1. The minimum atomic E-state index is 0.0175. The van der Waals surface area contributed by atoms with Crippen LogP contribution in [0.15, 0.2) is 24.5 Å². The normalized spacial score (nSPS) is 26.8. The van der Waals surface area contributed by atoms with Crippen LogP contribution in [-0.4, -0.2) is 41.5 Å². The van der Waals surface area contributed by atoms with Crippen molar-refractivity contribution in [1.82, 2.24) is 15.2 Å². The maximum atomic E-state index is 12.1. The lowest BCUT2D eigenvalue weighted by molar-refractivity contribution is -0.130. The summed E-state index contributed by atoms with van der Waals surface area (Å²) < 4.78 is 0. The highest BCUT2D eigenvalue weighted by molar-refractivity contribution is 5.81. The Morgan fingerprint density at radius 2 is 2.00 bits per heavy atom. The standard InChI is InChI=1S/C14H19N3O/c1-17-13(18)10-12(11-2-6-15-7-3-11)14(17)4-8-16-9-5-14/h2-3,6-7,12,16H,4-5,8-10H2,1H3. The Kier molecular flexibility index (Phi) is 2.82. The first kappa shape index (κ1) is 11.7. The number of nitrogens with one attached hydrogen (secondary N) is 1. The van der Waals surface area contributed by atoms with E-state index in [1.54, 1.807) is 0 Å². The van der Waals surface area contributed by atoms with E-state index in [2.05, 4.69) is 22.4 Å². The first-order chi connectivity index (χ1) is 8.74. The molecule has 1 amide bonds. The number of pyridine rings is 1. The molecule has 1 aromatic rings. The van der Waals surface area contributed by atoms with E-state index >= 15 is 0 Å². The molecular formula is C14H19N3O. The van der Waals surface area contributed by atoms with Crippen molar-refractivity contribution in [3.8, 4) is 0 Å². The Morgan fingerprint density at radius 3 is 2.67 bits per heavy atom. The van der Waals surface area contributed by atoms with Gasteiger partial charge in [-0.2, -0.15) is 0 Å². The van der Waals surface area contributed by atoms with Crippen LogP contribution in [0.3, 0.4) is 0 Å². The van der Waals surface area contributed by atoms with Gasteiger partial charge in [0, 0.05) is 31.8 Å². The Labute approximate surface area is 107 Å². The van der Waals surface area contributed by atoms with E-state index in [0.29, 0.717) is 12.3 Å². The molecule has 4 heteroatoms. The molecule has 2 saturated heterocycles. The molecule has 0 bridgehead atoms. The molecule has 3 rings (SSSR count). The van der Waals surface area contributed by atoms with Gasteiger partial charge in [-0.3, -0.25) is 9.78 Å². The van der Waals surface area contributed by atoms with Gasteiger partial charge < -0.3 is 10.2 Å². The number of amides is 1. The van der Waals surface area contributed by atoms with Crippen LogP contribution in [0.5, 0.6) is 0 Å². The van der Waals surface area contributed by atoms with E-state index in [0.717, 1.165) is 25.9 Å². The lowest BCUT2D eigenvalue weighted by Crippen LogP contribution is -2.53. The molecule has 3 heterocycles. The van der Waals surface area contributed by atoms with Crippen molar-refractivity contribution < 1.29 is 4.79 Å². The predicted octanol–water partition coefficient (Wildman–Crippen LogP) is 1.15. The maximum Gasteiger partial charge on any atom is 0.223 e. The number of hydrogen-bond acceptors (Lipinski definition) is 3. The second kappa shape index (κ2) is 4.35. The van der Waals surface area contributed by atoms with Crippen LogP contribution < -0.4 is 5.32 Å². The molecule has 2 aliphatic heterocycles. The zero-order chi connectivity index (χ0) is 12.6. The second-order valence-electron chi connectivity index (χ2n) is 5.34. The SMILES string of the molecule is CN1C(=O)CC(c2ccncc2)C12CCNCC2. The number of carbonyl (C=O) groups is 1. The lowest BCUT2D eigenvalue weighted by Gasteiger charge is -2.44. The third-order valence-corrected chi connectivity index (χ3v) is 4.65. The highest BCUT2D eigenvalue weighted by Gasteiger charge is 2.51. The molecule has 1 aromatic heterocycles. The van der Waals surface area contributed by atoms with Gasteiger partial charge in [0.05, 0.1) is 5.54 Å². The molecule has 1 N–H and O–H groups in total. The number of piperidine rings is 1. The summed E-state index contributed by atoms with van der Waals surface area (Å²) in [5, 5.41) is 3.39. The van der Waals surface area contributed by atoms with Crippen molar-refractivity contribution in [1.29, 1.82) is 0 Å². The summed E-state index contributed by atoms with van der Waals surface area (Å²) in [6.45, 7) is 2.00. The fourth-order valence-electron chi connectivity index (χ4n) is 3.55. The fourth-order valence-corrected chi connectivity index (χ4v) is 3.55. The van der Waals surface area contributed by atoms with Gasteiger partial charge in [-0.05, 0) is 43.6 Å². The first-order valence-electron chi connectivity index (χ1n) is 6.61. The van der Waals surface area contributed by atoms with Gasteiger partial charge in [-0.15, -0.1) is 0 Å². The van der Waals surface area contributed by atoms with Crippen LogP contribution in [0.2, 0.25) is 0 Å². The molecule has 0 saturated carbocycles. The topological polar surface area (TPSA) is 45.2 Å². The lowest BCUT2D eigenvalue weighted by atomic mass is 9.74. The van der Waals surface area contributed by atoms with Gasteiger partial charge in [-0.25, -0.2) is 0 Å². The third kappa shape index (κ3) is 1.63. The van der Waals surface area contributed by atoms with Gasteiger partial charge >= 0.3 is 0 Å². The van der Waals surface area contributed by atoms with Crippen molar-refractivity contribution in [3.05, 3.63) is 30.1 Å². The summed E-state index contributed by atoms with van der Waals surface area (Å²) >= 11 is 0. The summed E-state index contributed by atoms with van der Waals surface area (Å²) in [6.07, 6.45) is 6.38. The van der Waals surface area contributed by atoms with E-state index in [4.69, 9.17) is 0 Å². The summed E-state index contributed by atoms with van der Waals surface area (Å²) in [7, 11) is 1.97. The molecule has 2 aliphatic rings. The Morgan fingerprint density at radius 1 is 1.33 bits per heavy atom. The average Bonchev–Trinajstić information content (AvgIpc) is 2.66.